The highest BCUT2D eigenvalue weighted by atomic mass is 35.5. The van der Waals surface area contributed by atoms with Crippen molar-refractivity contribution in [1.29, 1.82) is 0 Å². The maximum atomic E-state index is 6.04. The van der Waals surface area contributed by atoms with E-state index in [4.69, 9.17) is 11.6 Å². The van der Waals surface area contributed by atoms with Gasteiger partial charge < -0.3 is 4.57 Å². The number of aromatic nitrogens is 8. The molecule has 30 heavy (non-hydrogen) atoms. The summed E-state index contributed by atoms with van der Waals surface area (Å²) >= 11 is 6.04. The lowest BCUT2D eigenvalue weighted by atomic mass is 10.0. The van der Waals surface area contributed by atoms with Crippen LogP contribution in [0.15, 0.2) is 36.5 Å². The number of benzene rings is 1. The molecule has 3 aromatic heterocycles. The van der Waals surface area contributed by atoms with Crippen molar-refractivity contribution in [3.63, 3.8) is 0 Å². The van der Waals surface area contributed by atoms with E-state index in [1.54, 1.807) is 0 Å². The number of aromatic amines is 1. The van der Waals surface area contributed by atoms with Crippen molar-refractivity contribution in [2.45, 2.75) is 52.5 Å². The standard InChI is InChI=1S/C21H25ClN8/c1-4-5-6-18-23-21(22)26-30(18)13-15-7-9-16(10-8-15)29-12-11-17(14(2)3)19(29)20-24-27-28-25-20/h7-12,14H,4-6,13H2,1-3H3,(H,24,25,27,28). The zero-order valence-corrected chi connectivity index (χ0v) is 18.1. The van der Waals surface area contributed by atoms with E-state index in [0.29, 0.717) is 23.6 Å². The van der Waals surface area contributed by atoms with Crippen LogP contribution in [0, 0.1) is 0 Å². The average Bonchev–Trinajstić information content (AvgIpc) is 3.46. The highest BCUT2D eigenvalue weighted by Crippen LogP contribution is 2.30. The van der Waals surface area contributed by atoms with Crippen LogP contribution in [0.3, 0.4) is 0 Å². The number of aryl methyl sites for hydroxylation is 1. The fourth-order valence-electron chi connectivity index (χ4n) is 3.56. The summed E-state index contributed by atoms with van der Waals surface area (Å²) in [6, 6.07) is 10.5. The topological polar surface area (TPSA) is 90.1 Å². The summed E-state index contributed by atoms with van der Waals surface area (Å²) in [5.41, 5.74) is 4.35. The molecule has 0 atom stereocenters. The Bertz CT molecular complexity index is 1090. The van der Waals surface area contributed by atoms with E-state index >= 15 is 0 Å². The van der Waals surface area contributed by atoms with Crippen molar-refractivity contribution in [2.24, 2.45) is 0 Å². The predicted molar refractivity (Wildman–Crippen MR) is 116 cm³/mol. The first-order chi connectivity index (χ1) is 14.6. The van der Waals surface area contributed by atoms with Crippen LogP contribution in [-0.2, 0) is 13.0 Å². The van der Waals surface area contributed by atoms with Gasteiger partial charge in [0, 0.05) is 18.3 Å². The van der Waals surface area contributed by atoms with Gasteiger partial charge in [0.25, 0.3) is 0 Å². The molecule has 0 saturated carbocycles. The van der Waals surface area contributed by atoms with Crippen LogP contribution >= 0.6 is 11.6 Å². The van der Waals surface area contributed by atoms with Crippen molar-refractivity contribution >= 4 is 11.6 Å². The predicted octanol–water partition coefficient (Wildman–Crippen LogP) is 4.42. The van der Waals surface area contributed by atoms with E-state index in [9.17, 15) is 0 Å². The molecule has 0 aliphatic heterocycles. The van der Waals surface area contributed by atoms with Crippen molar-refractivity contribution in [3.8, 4) is 17.2 Å². The molecule has 0 fully saturated rings. The van der Waals surface area contributed by atoms with Gasteiger partial charge in [-0.1, -0.05) is 39.3 Å². The lowest BCUT2D eigenvalue weighted by Crippen LogP contribution is -2.07. The van der Waals surface area contributed by atoms with E-state index in [1.165, 1.54) is 5.56 Å². The quantitative estimate of drug-likeness (QED) is 0.452. The molecular weight excluding hydrogens is 400 g/mol. The number of unbranched alkanes of at least 4 members (excludes halogenated alkanes) is 1. The normalized spacial score (nSPS) is 11.5. The Hall–Kier alpha value is -3.00. The zero-order valence-electron chi connectivity index (χ0n) is 17.4. The molecule has 156 valence electrons. The summed E-state index contributed by atoms with van der Waals surface area (Å²) in [7, 11) is 0. The van der Waals surface area contributed by atoms with Gasteiger partial charge in [0.2, 0.25) is 5.28 Å². The highest BCUT2D eigenvalue weighted by Gasteiger charge is 2.18. The number of halogens is 1. The third-order valence-corrected chi connectivity index (χ3v) is 5.29. The first kappa shape index (κ1) is 20.3. The number of rotatable bonds is 8. The van der Waals surface area contributed by atoms with E-state index in [0.717, 1.165) is 42.0 Å². The number of hydrogen-bond acceptors (Lipinski definition) is 5. The minimum atomic E-state index is 0.302. The third kappa shape index (κ3) is 4.14. The SMILES string of the molecule is CCCCc1nc(Cl)nn1Cc1ccc(-n2ccc(C(C)C)c2-c2nnn[nH]2)cc1. The monoisotopic (exact) mass is 424 g/mol. The minimum absolute atomic E-state index is 0.302. The molecule has 1 aromatic carbocycles. The molecule has 0 radical (unpaired) electrons. The molecule has 0 unspecified atom stereocenters. The molecule has 9 heteroatoms. The van der Waals surface area contributed by atoms with Gasteiger partial charge in [-0.15, -0.1) is 10.2 Å². The molecule has 0 spiro atoms. The van der Waals surface area contributed by atoms with Crippen molar-refractivity contribution in [2.75, 3.05) is 0 Å². The summed E-state index contributed by atoms with van der Waals surface area (Å²) in [6.45, 7) is 7.13. The second kappa shape index (κ2) is 8.79. The highest BCUT2D eigenvalue weighted by molar-refractivity contribution is 6.28. The van der Waals surface area contributed by atoms with Gasteiger partial charge in [-0.2, -0.15) is 0 Å². The van der Waals surface area contributed by atoms with Gasteiger partial charge in [-0.3, -0.25) is 0 Å². The van der Waals surface area contributed by atoms with Crippen molar-refractivity contribution < 1.29 is 0 Å². The average molecular weight is 425 g/mol. The molecular formula is C21H25ClN8. The number of nitrogens with zero attached hydrogens (tertiary/aromatic N) is 7. The summed E-state index contributed by atoms with van der Waals surface area (Å²) in [5.74, 6) is 1.94. The minimum Gasteiger partial charge on any atom is -0.314 e. The Morgan fingerprint density at radius 3 is 2.60 bits per heavy atom. The fraction of sp³-hybridized carbons (Fsp3) is 0.381. The molecule has 4 rings (SSSR count). The molecule has 8 nitrogen and oxygen atoms in total. The van der Waals surface area contributed by atoms with E-state index in [-0.39, 0.29) is 0 Å². The van der Waals surface area contributed by atoms with Gasteiger partial charge in [-0.05, 0) is 63.7 Å². The Balaban J connectivity index is 1.61. The van der Waals surface area contributed by atoms with Crippen LogP contribution in [0.4, 0.5) is 0 Å². The molecule has 0 aliphatic carbocycles. The number of H-pyrrole nitrogens is 1. The maximum absolute atomic E-state index is 6.04. The lowest BCUT2D eigenvalue weighted by molar-refractivity contribution is 0.618. The zero-order chi connectivity index (χ0) is 21.1. The molecule has 0 saturated heterocycles. The van der Waals surface area contributed by atoms with Gasteiger partial charge in [-0.25, -0.2) is 14.8 Å². The van der Waals surface area contributed by atoms with Crippen LogP contribution in [0.1, 0.15) is 56.5 Å². The van der Waals surface area contributed by atoms with Gasteiger partial charge in [0.05, 0.1) is 12.2 Å². The van der Waals surface area contributed by atoms with Crippen LogP contribution in [0.2, 0.25) is 5.28 Å². The molecule has 3 heterocycles. The molecule has 1 N–H and O–H groups in total. The second-order valence-electron chi connectivity index (χ2n) is 7.62. The van der Waals surface area contributed by atoms with Crippen molar-refractivity contribution in [1.82, 2.24) is 40.0 Å². The number of hydrogen-bond donors (Lipinski definition) is 1. The van der Waals surface area contributed by atoms with Gasteiger partial charge >= 0.3 is 0 Å². The summed E-state index contributed by atoms with van der Waals surface area (Å²) in [4.78, 5) is 4.36. The third-order valence-electron chi connectivity index (χ3n) is 5.13. The van der Waals surface area contributed by atoms with Gasteiger partial charge in [0.1, 0.15) is 5.82 Å². The summed E-state index contributed by atoms with van der Waals surface area (Å²) < 4.78 is 4.01. The van der Waals surface area contributed by atoms with Crippen LogP contribution in [0.5, 0.6) is 0 Å². The smallest absolute Gasteiger partial charge is 0.242 e. The Morgan fingerprint density at radius 1 is 1.13 bits per heavy atom. The number of nitrogens with one attached hydrogen (secondary N) is 1. The van der Waals surface area contributed by atoms with Crippen LogP contribution < -0.4 is 0 Å². The van der Waals surface area contributed by atoms with E-state index in [1.807, 2.05) is 4.68 Å². The fourth-order valence-corrected chi connectivity index (χ4v) is 3.75. The first-order valence-electron chi connectivity index (χ1n) is 10.2. The molecule has 4 aromatic rings. The van der Waals surface area contributed by atoms with Crippen molar-refractivity contribution in [3.05, 3.63) is 58.8 Å². The van der Waals surface area contributed by atoms with E-state index < -0.39 is 0 Å². The Labute approximate surface area is 180 Å². The van der Waals surface area contributed by atoms with Gasteiger partial charge in [0.15, 0.2) is 5.82 Å². The van der Waals surface area contributed by atoms with Crippen LogP contribution in [-0.4, -0.2) is 40.0 Å². The largest absolute Gasteiger partial charge is 0.314 e. The summed E-state index contributed by atoms with van der Waals surface area (Å²) in [6.07, 6.45) is 5.11. The molecule has 0 amide bonds. The Kier molecular flexibility index (Phi) is 5.94. The maximum Gasteiger partial charge on any atom is 0.242 e. The number of tetrazole rings is 1. The Morgan fingerprint density at radius 2 is 1.93 bits per heavy atom. The van der Waals surface area contributed by atoms with E-state index in [2.05, 4.69) is 92.6 Å². The first-order valence-corrected chi connectivity index (χ1v) is 10.6. The second-order valence-corrected chi connectivity index (χ2v) is 7.96. The summed E-state index contributed by atoms with van der Waals surface area (Å²) in [5, 5.41) is 19.2. The lowest BCUT2D eigenvalue weighted by Gasteiger charge is -2.12. The molecule has 0 aliphatic rings. The van der Waals surface area contributed by atoms with Crippen LogP contribution in [0.25, 0.3) is 17.2 Å². The molecule has 0 bridgehead atoms.